The number of carbonyl (C=O) groups excluding carboxylic acids is 1. The predicted molar refractivity (Wildman–Crippen MR) is 64.7 cm³/mol. The Morgan fingerprint density at radius 2 is 2.06 bits per heavy atom. The minimum atomic E-state index is 0.104. The molecule has 0 aromatic carbocycles. The van der Waals surface area contributed by atoms with E-state index in [2.05, 4.69) is 9.97 Å². The zero-order chi connectivity index (χ0) is 12.4. The number of anilines is 1. The van der Waals surface area contributed by atoms with Crippen molar-refractivity contribution in [3.05, 3.63) is 17.0 Å². The maximum atomic E-state index is 11.0. The van der Waals surface area contributed by atoms with Crippen molar-refractivity contribution in [2.24, 2.45) is 0 Å². The van der Waals surface area contributed by atoms with E-state index in [-0.39, 0.29) is 17.4 Å². The molecule has 1 aromatic heterocycles. The molecule has 0 bridgehead atoms. The molecule has 0 amide bonds. The summed E-state index contributed by atoms with van der Waals surface area (Å²) in [6.07, 6.45) is 2.27. The Balaban J connectivity index is 2.33. The molecule has 2 heterocycles. The number of hydrogen-bond acceptors (Lipinski definition) is 5. The summed E-state index contributed by atoms with van der Waals surface area (Å²) < 4.78 is 5.64. The molecule has 0 spiro atoms. The highest BCUT2D eigenvalue weighted by Crippen LogP contribution is 2.24. The van der Waals surface area contributed by atoms with Crippen LogP contribution < -0.4 is 4.90 Å². The van der Waals surface area contributed by atoms with Crippen molar-refractivity contribution in [1.82, 2.24) is 9.97 Å². The summed E-state index contributed by atoms with van der Waals surface area (Å²) in [6, 6.07) is 0. The number of ether oxygens (including phenoxy) is 1. The number of aldehydes is 1. The van der Waals surface area contributed by atoms with E-state index in [1.807, 2.05) is 18.7 Å². The van der Waals surface area contributed by atoms with Gasteiger partial charge >= 0.3 is 0 Å². The second kappa shape index (κ2) is 4.98. The number of morpholine rings is 1. The lowest BCUT2D eigenvalue weighted by Crippen LogP contribution is -2.46. The summed E-state index contributed by atoms with van der Waals surface area (Å²) in [6.45, 7) is 5.37. The Hall–Kier alpha value is -1.20. The molecule has 0 N–H and O–H groups in total. The van der Waals surface area contributed by atoms with Gasteiger partial charge in [0.2, 0.25) is 0 Å². The van der Waals surface area contributed by atoms with E-state index in [9.17, 15) is 4.79 Å². The van der Waals surface area contributed by atoms with Crippen LogP contribution >= 0.6 is 11.6 Å². The third-order valence-corrected chi connectivity index (χ3v) is 2.95. The van der Waals surface area contributed by atoms with Gasteiger partial charge in [0.25, 0.3) is 0 Å². The van der Waals surface area contributed by atoms with Gasteiger partial charge in [-0.3, -0.25) is 4.79 Å². The standard InChI is InChI=1S/C11H14ClN3O2/c1-7-3-15(4-8(2)17-7)11-9(5-16)10(12)13-6-14-11/h5-8H,3-4H2,1-2H3/t7-,8+. The first-order valence-electron chi connectivity index (χ1n) is 5.48. The third-order valence-electron chi connectivity index (χ3n) is 2.65. The third kappa shape index (κ3) is 2.56. The minimum Gasteiger partial charge on any atom is -0.372 e. The van der Waals surface area contributed by atoms with Gasteiger partial charge in [0.15, 0.2) is 6.29 Å². The molecule has 0 aliphatic carbocycles. The molecule has 0 saturated carbocycles. The lowest BCUT2D eigenvalue weighted by molar-refractivity contribution is -0.00550. The normalized spacial score (nSPS) is 24.8. The maximum Gasteiger partial charge on any atom is 0.156 e. The van der Waals surface area contributed by atoms with Crippen molar-refractivity contribution in [2.45, 2.75) is 26.1 Å². The molecular weight excluding hydrogens is 242 g/mol. The van der Waals surface area contributed by atoms with Gasteiger partial charge in [0.1, 0.15) is 17.3 Å². The summed E-state index contributed by atoms with van der Waals surface area (Å²) in [5, 5.41) is 0.191. The van der Waals surface area contributed by atoms with Gasteiger partial charge in [0, 0.05) is 13.1 Å². The highest BCUT2D eigenvalue weighted by atomic mass is 35.5. The van der Waals surface area contributed by atoms with Crippen LogP contribution in [0.4, 0.5) is 5.82 Å². The zero-order valence-electron chi connectivity index (χ0n) is 9.76. The Kier molecular flexibility index (Phi) is 3.59. The molecule has 1 aromatic rings. The van der Waals surface area contributed by atoms with Crippen LogP contribution in [0.5, 0.6) is 0 Å². The minimum absolute atomic E-state index is 0.104. The molecule has 17 heavy (non-hydrogen) atoms. The van der Waals surface area contributed by atoms with Crippen LogP contribution in [0.15, 0.2) is 6.33 Å². The number of halogens is 1. The number of carbonyl (C=O) groups is 1. The highest BCUT2D eigenvalue weighted by molar-refractivity contribution is 6.32. The molecule has 0 unspecified atom stereocenters. The monoisotopic (exact) mass is 255 g/mol. The lowest BCUT2D eigenvalue weighted by atomic mass is 10.2. The smallest absolute Gasteiger partial charge is 0.156 e. The molecule has 5 nitrogen and oxygen atoms in total. The Bertz CT molecular complexity index is 417. The molecular formula is C11H14ClN3O2. The summed E-state index contributed by atoms with van der Waals surface area (Å²) in [5.74, 6) is 0.585. The average Bonchev–Trinajstić information content (AvgIpc) is 2.27. The first kappa shape index (κ1) is 12.3. The molecule has 2 rings (SSSR count). The van der Waals surface area contributed by atoms with E-state index in [1.165, 1.54) is 6.33 Å². The fourth-order valence-electron chi connectivity index (χ4n) is 2.07. The summed E-state index contributed by atoms with van der Waals surface area (Å²) >= 11 is 5.88. The van der Waals surface area contributed by atoms with Crippen molar-refractivity contribution in [3.63, 3.8) is 0 Å². The van der Waals surface area contributed by atoms with Crippen LogP contribution in [0.3, 0.4) is 0 Å². The molecule has 92 valence electrons. The van der Waals surface area contributed by atoms with Crippen LogP contribution in [0.2, 0.25) is 5.15 Å². The topological polar surface area (TPSA) is 55.3 Å². The van der Waals surface area contributed by atoms with Crippen LogP contribution in [0, 0.1) is 0 Å². The highest BCUT2D eigenvalue weighted by Gasteiger charge is 2.25. The van der Waals surface area contributed by atoms with Crippen LogP contribution in [-0.4, -0.2) is 41.6 Å². The number of hydrogen-bond donors (Lipinski definition) is 0. The Labute approximate surface area is 105 Å². The van der Waals surface area contributed by atoms with Crippen molar-refractivity contribution in [3.8, 4) is 0 Å². The second-order valence-electron chi connectivity index (χ2n) is 4.18. The number of aromatic nitrogens is 2. The van der Waals surface area contributed by atoms with E-state index >= 15 is 0 Å². The van der Waals surface area contributed by atoms with Crippen molar-refractivity contribution >= 4 is 23.7 Å². The quantitative estimate of drug-likeness (QED) is 0.593. The first-order chi connectivity index (χ1) is 8.11. The van der Waals surface area contributed by atoms with Gasteiger partial charge in [-0.05, 0) is 13.8 Å². The fraction of sp³-hybridized carbons (Fsp3) is 0.545. The van der Waals surface area contributed by atoms with E-state index in [0.717, 1.165) is 0 Å². The average molecular weight is 256 g/mol. The molecule has 6 heteroatoms. The summed E-state index contributed by atoms with van der Waals surface area (Å²) in [5.41, 5.74) is 0.343. The van der Waals surface area contributed by atoms with Gasteiger partial charge in [-0.25, -0.2) is 9.97 Å². The van der Waals surface area contributed by atoms with Gasteiger partial charge in [-0.2, -0.15) is 0 Å². The van der Waals surface area contributed by atoms with Crippen LogP contribution in [0.25, 0.3) is 0 Å². The van der Waals surface area contributed by atoms with Crippen molar-refractivity contribution in [2.75, 3.05) is 18.0 Å². The maximum absolute atomic E-state index is 11.0. The van der Waals surface area contributed by atoms with Gasteiger partial charge < -0.3 is 9.64 Å². The van der Waals surface area contributed by atoms with Gasteiger partial charge in [0.05, 0.1) is 17.8 Å². The SMILES string of the molecule is C[C@@H]1CN(c2ncnc(Cl)c2C=O)C[C@H](C)O1. The van der Waals surface area contributed by atoms with Gasteiger partial charge in [-0.1, -0.05) is 11.6 Å². The molecule has 2 atom stereocenters. The predicted octanol–water partition coefficient (Wildman–Crippen LogP) is 1.56. The molecule has 0 radical (unpaired) electrons. The largest absolute Gasteiger partial charge is 0.372 e. The second-order valence-corrected chi connectivity index (χ2v) is 4.54. The van der Waals surface area contributed by atoms with E-state index in [0.29, 0.717) is 30.8 Å². The van der Waals surface area contributed by atoms with E-state index < -0.39 is 0 Å². The first-order valence-corrected chi connectivity index (χ1v) is 5.85. The molecule has 1 aliphatic heterocycles. The number of nitrogens with zero attached hydrogens (tertiary/aromatic N) is 3. The van der Waals surface area contributed by atoms with Crippen molar-refractivity contribution < 1.29 is 9.53 Å². The summed E-state index contributed by atoms with van der Waals surface area (Å²) in [4.78, 5) is 21.0. The van der Waals surface area contributed by atoms with E-state index in [4.69, 9.17) is 16.3 Å². The number of rotatable bonds is 2. The Morgan fingerprint density at radius 1 is 1.41 bits per heavy atom. The summed E-state index contributed by atoms with van der Waals surface area (Å²) in [7, 11) is 0. The zero-order valence-corrected chi connectivity index (χ0v) is 10.5. The van der Waals surface area contributed by atoms with Crippen molar-refractivity contribution in [1.29, 1.82) is 0 Å². The molecule has 1 saturated heterocycles. The molecule has 1 aliphatic rings. The van der Waals surface area contributed by atoms with Gasteiger partial charge in [-0.15, -0.1) is 0 Å². The van der Waals surface area contributed by atoms with E-state index in [1.54, 1.807) is 0 Å². The van der Waals surface area contributed by atoms with Crippen LogP contribution in [-0.2, 0) is 4.74 Å². The Morgan fingerprint density at radius 3 is 2.65 bits per heavy atom. The van der Waals surface area contributed by atoms with Crippen LogP contribution in [0.1, 0.15) is 24.2 Å². The fourth-order valence-corrected chi connectivity index (χ4v) is 2.24. The lowest BCUT2D eigenvalue weighted by Gasteiger charge is -2.36. The molecule has 1 fully saturated rings.